The van der Waals surface area contributed by atoms with Crippen LogP contribution in [-0.4, -0.2) is 58.8 Å². The van der Waals surface area contributed by atoms with E-state index in [0.717, 1.165) is 38.5 Å². The zero-order valence-electron chi connectivity index (χ0n) is 18.2. The van der Waals surface area contributed by atoms with Crippen LogP contribution >= 0.6 is 0 Å². The molecule has 0 bridgehead atoms. The monoisotopic (exact) mass is 405 g/mol. The summed E-state index contributed by atoms with van der Waals surface area (Å²) >= 11 is 0. The lowest BCUT2D eigenvalue weighted by molar-refractivity contribution is -0.137. The first-order chi connectivity index (χ1) is 13.6. The molecule has 0 radical (unpaired) electrons. The maximum atomic E-state index is 10.3. The molecule has 0 saturated heterocycles. The number of aliphatic carboxylic acids is 1. The molecule has 0 rings (SSSR count). The second-order valence-electron chi connectivity index (χ2n) is 7.46. The lowest BCUT2D eigenvalue weighted by Gasteiger charge is -2.10. The van der Waals surface area contributed by atoms with Crippen molar-refractivity contribution < 1.29 is 25.2 Å². The van der Waals surface area contributed by atoms with Crippen molar-refractivity contribution >= 4 is 5.97 Å². The van der Waals surface area contributed by atoms with Crippen LogP contribution in [-0.2, 0) is 4.79 Å². The molecule has 0 aliphatic rings. The summed E-state index contributed by atoms with van der Waals surface area (Å²) in [6.45, 7) is 3.63. The van der Waals surface area contributed by atoms with Crippen molar-refractivity contribution in [2.75, 3.05) is 26.3 Å². The molecule has 0 aromatic heterocycles. The van der Waals surface area contributed by atoms with Crippen LogP contribution in [0, 0.1) is 0 Å². The summed E-state index contributed by atoms with van der Waals surface area (Å²) in [6, 6.07) is 0. The van der Waals surface area contributed by atoms with Gasteiger partial charge in [0.25, 0.3) is 0 Å². The zero-order chi connectivity index (χ0) is 21.3. The van der Waals surface area contributed by atoms with Gasteiger partial charge in [-0.25, -0.2) is 0 Å². The molecular weight excluding hydrogens is 358 g/mol. The van der Waals surface area contributed by atoms with Crippen LogP contribution < -0.4 is 5.32 Å². The molecule has 6 nitrogen and oxygen atoms in total. The molecule has 5 N–H and O–H groups in total. The fourth-order valence-electron chi connectivity index (χ4n) is 2.95. The second-order valence-corrected chi connectivity index (χ2v) is 7.46. The van der Waals surface area contributed by atoms with E-state index in [9.17, 15) is 9.90 Å². The molecule has 1 unspecified atom stereocenters. The van der Waals surface area contributed by atoms with Gasteiger partial charge in [-0.15, -0.1) is 0 Å². The van der Waals surface area contributed by atoms with E-state index in [1.54, 1.807) is 0 Å². The van der Waals surface area contributed by atoms with Gasteiger partial charge >= 0.3 is 5.97 Å². The van der Waals surface area contributed by atoms with E-state index in [1.807, 2.05) is 0 Å². The summed E-state index contributed by atoms with van der Waals surface area (Å²) < 4.78 is 0. The van der Waals surface area contributed by atoms with Crippen LogP contribution in [0.5, 0.6) is 0 Å². The quantitative estimate of drug-likeness (QED) is 0.197. The van der Waals surface area contributed by atoms with E-state index in [-0.39, 0.29) is 19.3 Å². The highest BCUT2D eigenvalue weighted by Gasteiger charge is 2.03. The first kappa shape index (κ1) is 29.5. The Hall–Kier alpha value is -0.690. The number of carboxylic acids is 1. The minimum atomic E-state index is -0.678. The predicted molar refractivity (Wildman–Crippen MR) is 116 cm³/mol. The van der Waals surface area contributed by atoms with E-state index in [2.05, 4.69) is 12.2 Å². The molecule has 1 atom stereocenters. The predicted octanol–water partition coefficient (Wildman–Crippen LogP) is 3.86. The molecule has 0 saturated carbocycles. The smallest absolute Gasteiger partial charge is 0.303 e. The molecule has 0 heterocycles. The fraction of sp³-hybridized carbons (Fsp3) is 0.955. The van der Waals surface area contributed by atoms with Gasteiger partial charge in [0.15, 0.2) is 0 Å². The average Bonchev–Trinajstić information content (AvgIpc) is 2.67. The Balaban J connectivity index is 0. The summed E-state index contributed by atoms with van der Waals surface area (Å²) in [4.78, 5) is 10.3. The van der Waals surface area contributed by atoms with Crippen molar-refractivity contribution in [3.05, 3.63) is 0 Å². The molecule has 0 amide bonds. The van der Waals surface area contributed by atoms with Crippen LogP contribution in [0.1, 0.15) is 103 Å². The van der Waals surface area contributed by atoms with Crippen molar-refractivity contribution in [1.29, 1.82) is 0 Å². The van der Waals surface area contributed by atoms with Crippen LogP contribution in [0.3, 0.4) is 0 Å². The van der Waals surface area contributed by atoms with E-state index in [1.165, 1.54) is 51.4 Å². The van der Waals surface area contributed by atoms with Crippen LogP contribution in [0.15, 0.2) is 0 Å². The van der Waals surface area contributed by atoms with E-state index < -0.39 is 5.97 Å². The fourth-order valence-corrected chi connectivity index (χ4v) is 2.95. The number of carboxylic acid groups (broad SMARTS) is 1. The Morgan fingerprint density at radius 1 is 0.750 bits per heavy atom. The van der Waals surface area contributed by atoms with Gasteiger partial charge in [-0.3, -0.25) is 4.79 Å². The first-order valence-electron chi connectivity index (χ1n) is 11.4. The SMILES string of the molecule is CCCCCCC(O)CCCCCCCCCCC(=O)O.OCCNCCO. The minimum absolute atomic E-state index is 0.0853. The summed E-state index contributed by atoms with van der Waals surface area (Å²) in [7, 11) is 0. The number of hydrogen-bond acceptors (Lipinski definition) is 5. The molecule has 0 aliphatic carbocycles. The van der Waals surface area contributed by atoms with Crippen molar-refractivity contribution in [1.82, 2.24) is 5.32 Å². The highest BCUT2D eigenvalue weighted by molar-refractivity contribution is 5.66. The normalized spacial score (nSPS) is 11.7. The Bertz CT molecular complexity index is 299. The molecule has 28 heavy (non-hydrogen) atoms. The Morgan fingerprint density at radius 2 is 1.18 bits per heavy atom. The van der Waals surface area contributed by atoms with E-state index in [4.69, 9.17) is 15.3 Å². The summed E-state index contributed by atoms with van der Waals surface area (Å²) in [6.07, 6.45) is 16.3. The molecule has 170 valence electrons. The third-order valence-corrected chi connectivity index (χ3v) is 4.65. The van der Waals surface area contributed by atoms with Gasteiger partial charge in [-0.05, 0) is 19.3 Å². The number of carbonyl (C=O) groups is 1. The molecular formula is C22H47NO5. The number of aliphatic hydroxyl groups excluding tert-OH is 3. The molecule has 0 aromatic rings. The van der Waals surface area contributed by atoms with Crippen molar-refractivity contribution in [2.45, 2.75) is 109 Å². The van der Waals surface area contributed by atoms with Crippen LogP contribution in [0.25, 0.3) is 0 Å². The minimum Gasteiger partial charge on any atom is -0.481 e. The second kappa shape index (κ2) is 26.3. The zero-order valence-corrected chi connectivity index (χ0v) is 18.2. The number of hydrogen-bond donors (Lipinski definition) is 5. The van der Waals surface area contributed by atoms with Crippen molar-refractivity contribution in [2.24, 2.45) is 0 Å². The largest absolute Gasteiger partial charge is 0.481 e. The Kier molecular flexibility index (Phi) is 27.7. The van der Waals surface area contributed by atoms with Gasteiger partial charge < -0.3 is 25.7 Å². The standard InChI is InChI=1S/C18H36O3.C4H11NO2/c1-2-3-4-11-14-17(19)15-12-9-7-5-6-8-10-13-16-18(20)21;6-3-1-5-2-4-7/h17,19H,2-16H2,1H3,(H,20,21);5-7H,1-4H2. The maximum absolute atomic E-state index is 10.3. The van der Waals surface area contributed by atoms with Gasteiger partial charge in [-0.1, -0.05) is 77.6 Å². The Morgan fingerprint density at radius 3 is 1.61 bits per heavy atom. The molecule has 0 aromatic carbocycles. The topological polar surface area (TPSA) is 110 Å². The number of nitrogens with one attached hydrogen (secondary N) is 1. The number of aliphatic hydroxyl groups is 3. The molecule has 0 spiro atoms. The van der Waals surface area contributed by atoms with Crippen LogP contribution in [0.2, 0.25) is 0 Å². The van der Waals surface area contributed by atoms with Gasteiger partial charge in [0.05, 0.1) is 19.3 Å². The van der Waals surface area contributed by atoms with Gasteiger partial charge in [-0.2, -0.15) is 0 Å². The average molecular weight is 406 g/mol. The van der Waals surface area contributed by atoms with E-state index in [0.29, 0.717) is 19.5 Å². The number of rotatable bonds is 20. The van der Waals surface area contributed by atoms with E-state index >= 15 is 0 Å². The molecule has 6 heteroatoms. The van der Waals surface area contributed by atoms with Gasteiger partial charge in [0.2, 0.25) is 0 Å². The molecule has 0 aliphatic heterocycles. The Labute approximate surface area is 172 Å². The first-order valence-corrected chi connectivity index (χ1v) is 11.4. The summed E-state index contributed by atoms with van der Waals surface area (Å²) in [5.41, 5.74) is 0. The number of unbranched alkanes of at least 4 members (excludes halogenated alkanes) is 10. The summed E-state index contributed by atoms with van der Waals surface area (Å²) in [5, 5.41) is 37.4. The maximum Gasteiger partial charge on any atom is 0.303 e. The highest BCUT2D eigenvalue weighted by Crippen LogP contribution is 2.14. The molecule has 0 fully saturated rings. The van der Waals surface area contributed by atoms with Crippen molar-refractivity contribution in [3.63, 3.8) is 0 Å². The van der Waals surface area contributed by atoms with Gasteiger partial charge in [0, 0.05) is 19.5 Å². The third kappa shape index (κ3) is 30.1. The van der Waals surface area contributed by atoms with Crippen molar-refractivity contribution in [3.8, 4) is 0 Å². The van der Waals surface area contributed by atoms with Gasteiger partial charge in [0.1, 0.15) is 0 Å². The van der Waals surface area contributed by atoms with Crippen LogP contribution in [0.4, 0.5) is 0 Å². The summed E-state index contributed by atoms with van der Waals surface area (Å²) in [5.74, 6) is -0.678. The lowest BCUT2D eigenvalue weighted by atomic mass is 10.0. The highest BCUT2D eigenvalue weighted by atomic mass is 16.4. The third-order valence-electron chi connectivity index (χ3n) is 4.65. The lowest BCUT2D eigenvalue weighted by Crippen LogP contribution is -2.21.